The first-order valence-corrected chi connectivity index (χ1v) is 9.88. The Kier molecular flexibility index (Phi) is 8.60. The van der Waals surface area contributed by atoms with Crippen molar-refractivity contribution >= 4 is 5.57 Å². The van der Waals surface area contributed by atoms with Crippen LogP contribution in [0.4, 0.5) is 0 Å². The van der Waals surface area contributed by atoms with Gasteiger partial charge in [0.25, 0.3) is 0 Å². The number of nitrogens with one attached hydrogen (secondary N) is 1. The summed E-state index contributed by atoms with van der Waals surface area (Å²) in [4.78, 5) is 0. The minimum atomic E-state index is 0.218. The van der Waals surface area contributed by atoms with Gasteiger partial charge in [0.1, 0.15) is 0 Å². The SMILES string of the molecule is C=C(CCCc1ccccc1CC)c1ccc(CC(N)CCNC)cc1. The zero-order valence-corrected chi connectivity index (χ0v) is 16.4. The maximum atomic E-state index is 6.18. The van der Waals surface area contributed by atoms with E-state index in [1.54, 1.807) is 0 Å². The molecule has 0 aliphatic rings. The third-order valence-electron chi connectivity index (χ3n) is 5.05. The van der Waals surface area contributed by atoms with Crippen molar-refractivity contribution in [2.75, 3.05) is 13.6 Å². The summed E-state index contributed by atoms with van der Waals surface area (Å²) >= 11 is 0. The van der Waals surface area contributed by atoms with E-state index in [9.17, 15) is 0 Å². The van der Waals surface area contributed by atoms with E-state index >= 15 is 0 Å². The van der Waals surface area contributed by atoms with Gasteiger partial charge in [0.15, 0.2) is 0 Å². The van der Waals surface area contributed by atoms with E-state index < -0.39 is 0 Å². The molecule has 0 bridgehead atoms. The first-order chi connectivity index (χ1) is 12.6. The lowest BCUT2D eigenvalue weighted by molar-refractivity contribution is 0.585. The van der Waals surface area contributed by atoms with Gasteiger partial charge in [-0.05, 0) is 79.9 Å². The fraction of sp³-hybridized carbons (Fsp3) is 0.417. The van der Waals surface area contributed by atoms with Crippen LogP contribution in [0.5, 0.6) is 0 Å². The highest BCUT2D eigenvalue weighted by Crippen LogP contribution is 2.21. The number of allylic oxidation sites excluding steroid dienone is 1. The van der Waals surface area contributed by atoms with Crippen molar-refractivity contribution in [3.05, 3.63) is 77.4 Å². The molecule has 0 heterocycles. The zero-order valence-electron chi connectivity index (χ0n) is 16.4. The lowest BCUT2D eigenvalue weighted by Gasteiger charge is -2.12. The molecule has 3 N–H and O–H groups in total. The molecule has 0 aliphatic carbocycles. The van der Waals surface area contributed by atoms with Crippen LogP contribution < -0.4 is 11.1 Å². The normalized spacial score (nSPS) is 12.1. The van der Waals surface area contributed by atoms with Crippen molar-refractivity contribution in [1.29, 1.82) is 0 Å². The van der Waals surface area contributed by atoms with E-state index in [4.69, 9.17) is 5.73 Å². The predicted molar refractivity (Wildman–Crippen MR) is 114 cm³/mol. The molecule has 0 fully saturated rings. The van der Waals surface area contributed by atoms with Gasteiger partial charge in [-0.1, -0.05) is 62.0 Å². The van der Waals surface area contributed by atoms with Gasteiger partial charge in [0.05, 0.1) is 0 Å². The Balaban J connectivity index is 1.82. The molecule has 0 radical (unpaired) electrons. The molecule has 2 aromatic rings. The van der Waals surface area contributed by atoms with Gasteiger partial charge in [-0.3, -0.25) is 0 Å². The van der Waals surface area contributed by atoms with Crippen LogP contribution in [0.3, 0.4) is 0 Å². The Morgan fingerprint density at radius 1 is 1.08 bits per heavy atom. The molecule has 0 aromatic heterocycles. The highest BCUT2D eigenvalue weighted by Gasteiger charge is 2.06. The van der Waals surface area contributed by atoms with E-state index in [2.05, 4.69) is 67.4 Å². The number of aryl methyl sites for hydroxylation is 2. The Morgan fingerprint density at radius 2 is 1.77 bits per heavy atom. The van der Waals surface area contributed by atoms with Crippen molar-refractivity contribution in [2.45, 2.75) is 51.5 Å². The number of hydrogen-bond donors (Lipinski definition) is 2. The van der Waals surface area contributed by atoms with Crippen LogP contribution in [0.25, 0.3) is 5.57 Å². The highest BCUT2D eigenvalue weighted by molar-refractivity contribution is 5.63. The average Bonchev–Trinajstić information content (AvgIpc) is 2.67. The van der Waals surface area contributed by atoms with E-state index in [-0.39, 0.29) is 6.04 Å². The molecule has 0 aliphatic heterocycles. The molecule has 1 unspecified atom stereocenters. The quantitative estimate of drug-likeness (QED) is 0.613. The molecule has 0 saturated carbocycles. The maximum Gasteiger partial charge on any atom is 0.00914 e. The summed E-state index contributed by atoms with van der Waals surface area (Å²) in [6.07, 6.45) is 6.36. The van der Waals surface area contributed by atoms with Crippen LogP contribution in [0.2, 0.25) is 0 Å². The molecule has 0 amide bonds. The molecule has 26 heavy (non-hydrogen) atoms. The fourth-order valence-electron chi connectivity index (χ4n) is 3.39. The maximum absolute atomic E-state index is 6.18. The molecule has 1 atom stereocenters. The summed E-state index contributed by atoms with van der Waals surface area (Å²) in [5, 5.41) is 3.16. The minimum absolute atomic E-state index is 0.218. The van der Waals surface area contributed by atoms with Crippen LogP contribution in [0, 0.1) is 0 Å². The van der Waals surface area contributed by atoms with Crippen LogP contribution >= 0.6 is 0 Å². The van der Waals surface area contributed by atoms with Gasteiger partial charge >= 0.3 is 0 Å². The summed E-state index contributed by atoms with van der Waals surface area (Å²) in [6.45, 7) is 7.49. The second kappa shape index (κ2) is 10.9. The summed E-state index contributed by atoms with van der Waals surface area (Å²) in [7, 11) is 1.97. The Bertz CT molecular complexity index is 673. The molecule has 2 heteroatoms. The van der Waals surface area contributed by atoms with Gasteiger partial charge in [-0.15, -0.1) is 0 Å². The van der Waals surface area contributed by atoms with E-state index in [1.807, 2.05) is 7.05 Å². The van der Waals surface area contributed by atoms with E-state index in [0.29, 0.717) is 0 Å². The van der Waals surface area contributed by atoms with E-state index in [0.717, 1.165) is 45.1 Å². The molecule has 0 saturated heterocycles. The van der Waals surface area contributed by atoms with Gasteiger partial charge in [-0.25, -0.2) is 0 Å². The zero-order chi connectivity index (χ0) is 18.8. The first kappa shape index (κ1) is 20.4. The smallest absolute Gasteiger partial charge is 0.00914 e. The summed E-state index contributed by atoms with van der Waals surface area (Å²) in [6, 6.07) is 17.8. The number of benzene rings is 2. The molecule has 0 spiro atoms. The van der Waals surface area contributed by atoms with Crippen molar-refractivity contribution in [3.8, 4) is 0 Å². The molecular formula is C24H34N2. The third kappa shape index (κ3) is 6.44. The van der Waals surface area contributed by atoms with Crippen LogP contribution in [0.1, 0.15) is 48.4 Å². The van der Waals surface area contributed by atoms with Crippen LogP contribution in [-0.2, 0) is 19.3 Å². The van der Waals surface area contributed by atoms with Gasteiger partial charge in [-0.2, -0.15) is 0 Å². The predicted octanol–water partition coefficient (Wildman–Crippen LogP) is 4.76. The lowest BCUT2D eigenvalue weighted by atomic mass is 9.95. The van der Waals surface area contributed by atoms with Crippen LogP contribution in [0.15, 0.2) is 55.1 Å². The molecule has 2 nitrogen and oxygen atoms in total. The number of rotatable bonds is 11. The van der Waals surface area contributed by atoms with Crippen molar-refractivity contribution in [1.82, 2.24) is 5.32 Å². The second-order valence-electron chi connectivity index (χ2n) is 7.13. The second-order valence-corrected chi connectivity index (χ2v) is 7.13. The minimum Gasteiger partial charge on any atom is -0.327 e. The molecular weight excluding hydrogens is 316 g/mol. The summed E-state index contributed by atoms with van der Waals surface area (Å²) in [5.41, 5.74) is 12.9. The van der Waals surface area contributed by atoms with Gasteiger partial charge in [0, 0.05) is 6.04 Å². The Morgan fingerprint density at radius 3 is 2.42 bits per heavy atom. The lowest BCUT2D eigenvalue weighted by Crippen LogP contribution is -2.27. The van der Waals surface area contributed by atoms with Gasteiger partial charge < -0.3 is 11.1 Å². The third-order valence-corrected chi connectivity index (χ3v) is 5.05. The molecule has 2 aromatic carbocycles. The highest BCUT2D eigenvalue weighted by atomic mass is 14.8. The van der Waals surface area contributed by atoms with Crippen molar-refractivity contribution in [2.24, 2.45) is 5.73 Å². The average molecular weight is 351 g/mol. The summed E-state index contributed by atoms with van der Waals surface area (Å²) < 4.78 is 0. The monoisotopic (exact) mass is 350 g/mol. The Labute approximate surface area is 159 Å². The first-order valence-electron chi connectivity index (χ1n) is 9.88. The molecule has 140 valence electrons. The largest absolute Gasteiger partial charge is 0.327 e. The fourth-order valence-corrected chi connectivity index (χ4v) is 3.39. The van der Waals surface area contributed by atoms with Crippen molar-refractivity contribution < 1.29 is 0 Å². The van der Waals surface area contributed by atoms with Crippen LogP contribution in [-0.4, -0.2) is 19.6 Å². The Hall–Kier alpha value is -1.90. The topological polar surface area (TPSA) is 38.0 Å². The van der Waals surface area contributed by atoms with E-state index in [1.165, 1.54) is 27.8 Å². The summed E-state index contributed by atoms with van der Waals surface area (Å²) in [5.74, 6) is 0. The molecule has 2 rings (SSSR count). The van der Waals surface area contributed by atoms with Crippen molar-refractivity contribution in [3.63, 3.8) is 0 Å². The standard InChI is InChI=1S/C24H34N2/c1-4-21-9-5-6-10-23(21)11-7-8-19(2)22-14-12-20(13-15-22)18-24(25)16-17-26-3/h5-6,9-10,12-15,24,26H,2,4,7-8,11,16-18,25H2,1,3H3. The number of nitrogens with two attached hydrogens (primary N) is 1. The number of hydrogen-bond acceptors (Lipinski definition) is 2. The van der Waals surface area contributed by atoms with Gasteiger partial charge in [0.2, 0.25) is 0 Å².